The minimum atomic E-state index is 0.443. The van der Waals surface area contributed by atoms with Gasteiger partial charge in [0, 0.05) is 36.1 Å². The summed E-state index contributed by atoms with van der Waals surface area (Å²) in [6.07, 6.45) is 2.06. The van der Waals surface area contributed by atoms with Gasteiger partial charge < -0.3 is 0 Å². The van der Waals surface area contributed by atoms with Crippen LogP contribution in [0.2, 0.25) is 0 Å². The molecule has 2 nitrogen and oxygen atoms in total. The fourth-order valence-corrected chi connectivity index (χ4v) is 4.68. The molecule has 0 aromatic rings. The Kier molecular flexibility index (Phi) is 2.79. The number of hydrogen-bond acceptors (Lipinski definition) is 2. The van der Waals surface area contributed by atoms with E-state index >= 15 is 0 Å². The van der Waals surface area contributed by atoms with E-state index < -0.39 is 0 Å². The van der Waals surface area contributed by atoms with Crippen LogP contribution in [0.4, 0.5) is 0 Å². The first-order valence-corrected chi connectivity index (χ1v) is 8.30. The number of aliphatic imine (C=N–C) groups is 2. The molecule has 2 aliphatic carbocycles. The molecule has 0 amide bonds. The lowest BCUT2D eigenvalue weighted by atomic mass is 9.62. The molecule has 0 saturated heterocycles. The van der Waals surface area contributed by atoms with Crippen LogP contribution in [0.15, 0.2) is 54.8 Å². The van der Waals surface area contributed by atoms with Crippen molar-refractivity contribution in [2.75, 3.05) is 0 Å². The zero-order valence-electron chi connectivity index (χ0n) is 14.5. The zero-order valence-corrected chi connectivity index (χ0v) is 14.5. The largest absolute Gasteiger partial charge is 0.261 e. The summed E-state index contributed by atoms with van der Waals surface area (Å²) < 4.78 is 0. The van der Waals surface area contributed by atoms with Crippen molar-refractivity contribution in [3.05, 3.63) is 44.8 Å². The lowest BCUT2D eigenvalue weighted by Gasteiger charge is -2.45. The molecule has 0 bridgehead atoms. The summed E-state index contributed by atoms with van der Waals surface area (Å²) in [6.45, 7) is 13.4. The van der Waals surface area contributed by atoms with Gasteiger partial charge in [-0.05, 0) is 63.8 Å². The number of nitrogens with zero attached hydrogens (tertiary/aromatic N) is 2. The van der Waals surface area contributed by atoms with Crippen LogP contribution < -0.4 is 0 Å². The SMILES string of the molecule is CC1=NC2=C(C)C(C)=C3CC(C)=NC4=C(C)C(C)=C(C1)C2C34. The number of allylic oxidation sites excluding steroid dienone is 6. The van der Waals surface area contributed by atoms with Crippen molar-refractivity contribution in [2.24, 2.45) is 21.8 Å². The number of hydrogen-bond donors (Lipinski definition) is 0. The highest BCUT2D eigenvalue weighted by molar-refractivity contribution is 5.91. The molecule has 0 spiro atoms. The van der Waals surface area contributed by atoms with Crippen LogP contribution in [-0.4, -0.2) is 11.4 Å². The summed E-state index contributed by atoms with van der Waals surface area (Å²) in [5, 5.41) is 0. The predicted octanol–water partition coefficient (Wildman–Crippen LogP) is 5.16. The third-order valence-corrected chi connectivity index (χ3v) is 6.05. The Bertz CT molecular complexity index is 726. The van der Waals surface area contributed by atoms with Gasteiger partial charge in [0.1, 0.15) is 0 Å². The molecule has 0 aromatic carbocycles. The molecule has 22 heavy (non-hydrogen) atoms. The normalized spacial score (nSPS) is 30.6. The van der Waals surface area contributed by atoms with Gasteiger partial charge >= 0.3 is 0 Å². The van der Waals surface area contributed by atoms with Crippen LogP contribution in [0.3, 0.4) is 0 Å². The quantitative estimate of drug-likeness (QED) is 0.589. The van der Waals surface area contributed by atoms with Crippen LogP contribution in [0, 0.1) is 11.8 Å². The summed E-state index contributed by atoms with van der Waals surface area (Å²) in [4.78, 5) is 9.96. The van der Waals surface area contributed by atoms with E-state index in [0.717, 1.165) is 12.8 Å². The topological polar surface area (TPSA) is 24.7 Å². The van der Waals surface area contributed by atoms with Gasteiger partial charge in [-0.25, -0.2) is 0 Å². The highest BCUT2D eigenvalue weighted by Gasteiger charge is 2.45. The van der Waals surface area contributed by atoms with Crippen LogP contribution in [0.5, 0.6) is 0 Å². The van der Waals surface area contributed by atoms with Crippen molar-refractivity contribution >= 4 is 11.4 Å². The Morgan fingerprint density at radius 3 is 1.32 bits per heavy atom. The summed E-state index contributed by atoms with van der Waals surface area (Å²) in [5.74, 6) is 0.885. The second kappa shape index (κ2) is 4.41. The van der Waals surface area contributed by atoms with Crippen molar-refractivity contribution in [1.82, 2.24) is 0 Å². The van der Waals surface area contributed by atoms with E-state index in [9.17, 15) is 0 Å². The van der Waals surface area contributed by atoms with Crippen LogP contribution in [0.1, 0.15) is 54.4 Å². The molecule has 0 fully saturated rings. The zero-order chi connectivity index (χ0) is 15.8. The van der Waals surface area contributed by atoms with E-state index in [4.69, 9.17) is 9.98 Å². The molecule has 0 aromatic heterocycles. The Morgan fingerprint density at radius 1 is 0.591 bits per heavy atom. The maximum Gasteiger partial charge on any atom is 0.0516 e. The molecule has 2 aliphatic heterocycles. The standard InChI is InChI=1S/C20H24N2/c1-9-7-15-11(3)14(6)20-18-16(8-10(2)22-20)12(4)13(5)19(21-9)17(15)18/h17-18H,7-8H2,1-6H3. The molecule has 0 N–H and O–H groups in total. The Balaban J connectivity index is 2.10. The molecule has 2 heteroatoms. The highest BCUT2D eigenvalue weighted by atomic mass is 14.9. The first kappa shape index (κ1) is 13.9. The molecular weight excluding hydrogens is 268 g/mol. The minimum Gasteiger partial charge on any atom is -0.261 e. The smallest absolute Gasteiger partial charge is 0.0516 e. The van der Waals surface area contributed by atoms with Crippen molar-refractivity contribution in [3.8, 4) is 0 Å². The van der Waals surface area contributed by atoms with Gasteiger partial charge in [-0.15, -0.1) is 0 Å². The highest BCUT2D eigenvalue weighted by Crippen LogP contribution is 2.55. The lowest BCUT2D eigenvalue weighted by molar-refractivity contribution is 0.480. The summed E-state index contributed by atoms with van der Waals surface area (Å²) in [7, 11) is 0. The number of rotatable bonds is 0. The first-order chi connectivity index (χ1) is 10.4. The maximum absolute atomic E-state index is 4.98. The predicted molar refractivity (Wildman–Crippen MR) is 93.2 cm³/mol. The van der Waals surface area contributed by atoms with Crippen LogP contribution in [-0.2, 0) is 0 Å². The molecule has 4 rings (SSSR count). The van der Waals surface area contributed by atoms with Gasteiger partial charge in [0.2, 0.25) is 0 Å². The summed E-state index contributed by atoms with van der Waals surface area (Å²) in [6, 6.07) is 0. The molecule has 0 radical (unpaired) electrons. The minimum absolute atomic E-state index is 0.443. The average Bonchev–Trinajstić information content (AvgIpc) is 2.48. The monoisotopic (exact) mass is 292 g/mol. The molecule has 2 atom stereocenters. The Labute approximate surface area is 133 Å². The molecule has 2 heterocycles. The first-order valence-electron chi connectivity index (χ1n) is 8.30. The van der Waals surface area contributed by atoms with Crippen molar-refractivity contribution in [1.29, 1.82) is 0 Å². The molecule has 4 aliphatic rings. The van der Waals surface area contributed by atoms with Crippen molar-refractivity contribution in [3.63, 3.8) is 0 Å². The summed E-state index contributed by atoms with van der Waals surface area (Å²) >= 11 is 0. The van der Waals surface area contributed by atoms with Crippen LogP contribution >= 0.6 is 0 Å². The van der Waals surface area contributed by atoms with Crippen LogP contribution in [0.25, 0.3) is 0 Å². The Morgan fingerprint density at radius 2 is 0.955 bits per heavy atom. The second-order valence-electron chi connectivity index (χ2n) is 7.32. The van der Waals surface area contributed by atoms with E-state index in [0.29, 0.717) is 11.8 Å². The van der Waals surface area contributed by atoms with E-state index in [1.54, 1.807) is 11.1 Å². The van der Waals surface area contributed by atoms with Crippen molar-refractivity contribution < 1.29 is 0 Å². The van der Waals surface area contributed by atoms with E-state index in [1.807, 2.05) is 0 Å². The lowest BCUT2D eigenvalue weighted by Crippen LogP contribution is -2.36. The third-order valence-electron chi connectivity index (χ3n) is 6.05. The second-order valence-corrected chi connectivity index (χ2v) is 7.32. The molecule has 0 saturated carbocycles. The van der Waals surface area contributed by atoms with E-state index in [1.165, 1.54) is 45.1 Å². The van der Waals surface area contributed by atoms with E-state index in [2.05, 4.69) is 41.5 Å². The third kappa shape index (κ3) is 1.61. The van der Waals surface area contributed by atoms with Gasteiger partial charge in [0.25, 0.3) is 0 Å². The molecular formula is C20H24N2. The molecule has 114 valence electrons. The van der Waals surface area contributed by atoms with Gasteiger partial charge in [0.15, 0.2) is 0 Å². The molecule has 2 unspecified atom stereocenters. The average molecular weight is 292 g/mol. The van der Waals surface area contributed by atoms with Gasteiger partial charge in [0.05, 0.1) is 11.4 Å². The van der Waals surface area contributed by atoms with Gasteiger partial charge in [-0.2, -0.15) is 0 Å². The Hall–Kier alpha value is -1.70. The maximum atomic E-state index is 4.98. The van der Waals surface area contributed by atoms with Gasteiger partial charge in [-0.1, -0.05) is 11.1 Å². The van der Waals surface area contributed by atoms with E-state index in [-0.39, 0.29) is 0 Å². The summed E-state index contributed by atoms with van der Waals surface area (Å²) in [5.41, 5.74) is 14.0. The fraction of sp³-hybridized carbons (Fsp3) is 0.500. The van der Waals surface area contributed by atoms with Crippen molar-refractivity contribution in [2.45, 2.75) is 54.4 Å². The van der Waals surface area contributed by atoms with Gasteiger partial charge in [-0.3, -0.25) is 9.98 Å². The fourth-order valence-electron chi connectivity index (χ4n) is 4.68.